The van der Waals surface area contributed by atoms with Crippen LogP contribution in [0.25, 0.3) is 0 Å². The number of rotatable bonds is 3. The highest BCUT2D eigenvalue weighted by molar-refractivity contribution is 5.96. The maximum atomic E-state index is 13.0. The summed E-state index contributed by atoms with van der Waals surface area (Å²) in [5.74, 6) is -0.649. The van der Waals surface area contributed by atoms with Crippen molar-refractivity contribution in [1.82, 2.24) is 4.90 Å². The molecule has 5 heteroatoms. The lowest BCUT2D eigenvalue weighted by Gasteiger charge is -2.26. The quantitative estimate of drug-likeness (QED) is 0.815. The van der Waals surface area contributed by atoms with E-state index in [9.17, 15) is 18.0 Å². The van der Waals surface area contributed by atoms with Gasteiger partial charge < -0.3 is 4.90 Å². The Balaban J connectivity index is 2.33. The molecule has 1 atom stereocenters. The molecule has 0 spiro atoms. The van der Waals surface area contributed by atoms with Gasteiger partial charge in [-0.05, 0) is 24.6 Å². The number of hydrogen-bond acceptors (Lipinski definition) is 1. The van der Waals surface area contributed by atoms with Crippen LogP contribution < -0.4 is 0 Å². The van der Waals surface area contributed by atoms with E-state index in [1.165, 1.54) is 30.1 Å². The van der Waals surface area contributed by atoms with Crippen molar-refractivity contribution in [2.75, 3.05) is 7.05 Å². The van der Waals surface area contributed by atoms with Gasteiger partial charge in [-0.25, -0.2) is 0 Å². The number of benzene rings is 2. The van der Waals surface area contributed by atoms with Gasteiger partial charge >= 0.3 is 6.18 Å². The SMILES string of the molecule is CC(c1ccccc1)N(C)C(=O)c1ccccc1C(F)(F)F. The van der Waals surface area contributed by atoms with Crippen LogP contribution in [0.15, 0.2) is 54.6 Å². The van der Waals surface area contributed by atoms with Crippen LogP contribution in [-0.2, 0) is 6.18 Å². The predicted molar refractivity (Wildman–Crippen MR) is 78.4 cm³/mol. The molecule has 0 aliphatic carbocycles. The Morgan fingerprint density at radius 3 is 2.14 bits per heavy atom. The molecule has 0 saturated heterocycles. The van der Waals surface area contributed by atoms with E-state index < -0.39 is 17.6 Å². The summed E-state index contributed by atoms with van der Waals surface area (Å²) < 4.78 is 39.1. The maximum absolute atomic E-state index is 13.0. The van der Waals surface area contributed by atoms with Gasteiger partial charge in [0.1, 0.15) is 0 Å². The van der Waals surface area contributed by atoms with Crippen LogP contribution in [0.1, 0.15) is 34.5 Å². The van der Waals surface area contributed by atoms with Crippen molar-refractivity contribution in [3.05, 3.63) is 71.3 Å². The molecule has 2 aromatic rings. The minimum absolute atomic E-state index is 0.324. The Bertz CT molecular complexity index is 652. The van der Waals surface area contributed by atoms with Crippen LogP contribution in [-0.4, -0.2) is 17.9 Å². The van der Waals surface area contributed by atoms with Crippen molar-refractivity contribution in [1.29, 1.82) is 0 Å². The van der Waals surface area contributed by atoms with Gasteiger partial charge in [0.2, 0.25) is 0 Å². The molecular formula is C17H16F3NO. The smallest absolute Gasteiger partial charge is 0.335 e. The van der Waals surface area contributed by atoms with E-state index >= 15 is 0 Å². The van der Waals surface area contributed by atoms with Crippen LogP contribution in [0.2, 0.25) is 0 Å². The molecule has 0 fully saturated rings. The Morgan fingerprint density at radius 2 is 1.55 bits per heavy atom. The zero-order valence-corrected chi connectivity index (χ0v) is 12.3. The topological polar surface area (TPSA) is 20.3 Å². The molecular weight excluding hydrogens is 291 g/mol. The third kappa shape index (κ3) is 3.30. The predicted octanol–water partition coefficient (Wildman–Crippen LogP) is 4.54. The molecule has 0 bridgehead atoms. The lowest BCUT2D eigenvalue weighted by Crippen LogP contribution is -2.31. The van der Waals surface area contributed by atoms with Crippen LogP contribution >= 0.6 is 0 Å². The van der Waals surface area contributed by atoms with Gasteiger partial charge in [0.25, 0.3) is 5.91 Å². The second-order valence-electron chi connectivity index (χ2n) is 5.05. The van der Waals surface area contributed by atoms with E-state index in [2.05, 4.69) is 0 Å². The number of hydrogen-bond donors (Lipinski definition) is 0. The average Bonchev–Trinajstić information content (AvgIpc) is 2.52. The second-order valence-corrected chi connectivity index (χ2v) is 5.05. The number of amides is 1. The molecule has 22 heavy (non-hydrogen) atoms. The minimum atomic E-state index is -4.55. The summed E-state index contributed by atoms with van der Waals surface area (Å²) in [6.07, 6.45) is -4.55. The maximum Gasteiger partial charge on any atom is 0.417 e. The average molecular weight is 307 g/mol. The van der Waals surface area contributed by atoms with E-state index in [1.54, 1.807) is 6.92 Å². The minimum Gasteiger partial charge on any atom is -0.335 e. The van der Waals surface area contributed by atoms with E-state index in [0.29, 0.717) is 0 Å². The summed E-state index contributed by atoms with van der Waals surface area (Å²) in [5, 5.41) is 0. The molecule has 0 aliphatic rings. The van der Waals surface area contributed by atoms with Gasteiger partial charge in [-0.2, -0.15) is 13.2 Å². The first kappa shape index (κ1) is 16.1. The van der Waals surface area contributed by atoms with Gasteiger partial charge in [-0.15, -0.1) is 0 Å². The zero-order chi connectivity index (χ0) is 16.3. The molecule has 0 saturated carbocycles. The number of carbonyl (C=O) groups is 1. The van der Waals surface area contributed by atoms with Crippen molar-refractivity contribution < 1.29 is 18.0 Å². The first-order chi connectivity index (χ1) is 10.3. The molecule has 1 unspecified atom stereocenters. The normalized spacial score (nSPS) is 12.8. The van der Waals surface area contributed by atoms with Crippen LogP contribution in [0, 0.1) is 0 Å². The molecule has 1 amide bonds. The Morgan fingerprint density at radius 1 is 1.00 bits per heavy atom. The summed E-state index contributed by atoms with van der Waals surface area (Å²) in [4.78, 5) is 13.8. The molecule has 2 rings (SSSR count). The van der Waals surface area contributed by atoms with Crippen molar-refractivity contribution >= 4 is 5.91 Å². The van der Waals surface area contributed by atoms with Gasteiger partial charge in [0, 0.05) is 7.05 Å². The fourth-order valence-corrected chi connectivity index (χ4v) is 2.24. The summed E-state index contributed by atoms with van der Waals surface area (Å²) in [7, 11) is 1.51. The van der Waals surface area contributed by atoms with Crippen molar-refractivity contribution in [3.63, 3.8) is 0 Å². The number of alkyl halides is 3. The fraction of sp³-hybridized carbons (Fsp3) is 0.235. The summed E-state index contributed by atoms with van der Waals surface area (Å²) in [5.41, 5.74) is -0.379. The van der Waals surface area contributed by atoms with Crippen LogP contribution in [0.4, 0.5) is 13.2 Å². The Hall–Kier alpha value is -2.30. The molecule has 2 nitrogen and oxygen atoms in total. The van der Waals surface area contributed by atoms with E-state index in [0.717, 1.165) is 11.6 Å². The van der Waals surface area contributed by atoms with E-state index in [4.69, 9.17) is 0 Å². The molecule has 116 valence electrons. The molecule has 0 heterocycles. The number of halogens is 3. The van der Waals surface area contributed by atoms with Gasteiger partial charge in [0.05, 0.1) is 17.2 Å². The third-order valence-electron chi connectivity index (χ3n) is 3.65. The van der Waals surface area contributed by atoms with Gasteiger partial charge in [-0.1, -0.05) is 42.5 Å². The van der Waals surface area contributed by atoms with Gasteiger partial charge in [0.15, 0.2) is 0 Å². The second kappa shape index (κ2) is 6.22. The molecule has 0 aliphatic heterocycles. The highest BCUT2D eigenvalue weighted by atomic mass is 19.4. The highest BCUT2D eigenvalue weighted by Gasteiger charge is 2.36. The number of nitrogens with zero attached hydrogens (tertiary/aromatic N) is 1. The van der Waals surface area contributed by atoms with E-state index in [-0.39, 0.29) is 11.6 Å². The standard InChI is InChI=1S/C17H16F3NO/c1-12(13-8-4-3-5-9-13)21(2)16(22)14-10-6-7-11-15(14)17(18,19)20/h3-12H,1-2H3. The van der Waals surface area contributed by atoms with Crippen molar-refractivity contribution in [2.24, 2.45) is 0 Å². The Labute approximate surface area is 127 Å². The molecule has 2 aromatic carbocycles. The van der Waals surface area contributed by atoms with Gasteiger partial charge in [-0.3, -0.25) is 4.79 Å². The zero-order valence-electron chi connectivity index (χ0n) is 12.3. The van der Waals surface area contributed by atoms with Crippen LogP contribution in [0.5, 0.6) is 0 Å². The largest absolute Gasteiger partial charge is 0.417 e. The number of carbonyl (C=O) groups excluding carboxylic acids is 1. The fourth-order valence-electron chi connectivity index (χ4n) is 2.24. The summed E-state index contributed by atoms with van der Waals surface area (Å²) in [6, 6.07) is 13.7. The molecule has 0 N–H and O–H groups in total. The lowest BCUT2D eigenvalue weighted by atomic mass is 10.0. The van der Waals surface area contributed by atoms with Crippen molar-refractivity contribution in [3.8, 4) is 0 Å². The summed E-state index contributed by atoms with van der Waals surface area (Å²) in [6.45, 7) is 1.78. The Kier molecular flexibility index (Phi) is 4.54. The lowest BCUT2D eigenvalue weighted by molar-refractivity contribution is -0.138. The molecule has 0 aromatic heterocycles. The van der Waals surface area contributed by atoms with E-state index in [1.807, 2.05) is 30.3 Å². The highest BCUT2D eigenvalue weighted by Crippen LogP contribution is 2.33. The summed E-state index contributed by atoms with van der Waals surface area (Å²) >= 11 is 0. The third-order valence-corrected chi connectivity index (χ3v) is 3.65. The first-order valence-corrected chi connectivity index (χ1v) is 6.80. The molecule has 0 radical (unpaired) electrons. The van der Waals surface area contributed by atoms with Crippen molar-refractivity contribution in [2.45, 2.75) is 19.1 Å². The monoisotopic (exact) mass is 307 g/mol. The first-order valence-electron chi connectivity index (χ1n) is 6.80. The van der Waals surface area contributed by atoms with Crippen LogP contribution in [0.3, 0.4) is 0 Å².